The minimum Gasteiger partial charge on any atom is -0.310 e. The number of nitrogens with zero attached hydrogens (tertiary/aromatic N) is 1. The van der Waals surface area contributed by atoms with Crippen LogP contribution >= 0.6 is 0 Å². The molecule has 0 aliphatic heterocycles. The van der Waals surface area contributed by atoms with Crippen molar-refractivity contribution in [3.05, 3.63) is 29.6 Å². The van der Waals surface area contributed by atoms with Crippen molar-refractivity contribution in [3.8, 4) is 0 Å². The van der Waals surface area contributed by atoms with Gasteiger partial charge in [0, 0.05) is 25.0 Å². The van der Waals surface area contributed by atoms with Gasteiger partial charge in [-0.1, -0.05) is 25.8 Å². The molecule has 1 aliphatic carbocycles. The van der Waals surface area contributed by atoms with E-state index in [0.717, 1.165) is 12.5 Å². The Kier molecular flexibility index (Phi) is 3.94. The zero-order valence-electron chi connectivity index (χ0n) is 10.4. The lowest BCUT2D eigenvalue weighted by atomic mass is 9.86. The molecule has 2 nitrogen and oxygen atoms in total. The Morgan fingerprint density at radius 1 is 1.31 bits per heavy atom. The molecule has 1 saturated carbocycles. The van der Waals surface area contributed by atoms with Crippen LogP contribution in [-0.4, -0.2) is 11.0 Å². The second-order valence-electron chi connectivity index (χ2n) is 5.12. The Balaban J connectivity index is 1.86. The molecule has 1 heterocycles. The van der Waals surface area contributed by atoms with Gasteiger partial charge < -0.3 is 5.32 Å². The first-order chi connectivity index (χ1) is 7.75. The van der Waals surface area contributed by atoms with E-state index >= 15 is 0 Å². The molecule has 1 aromatic rings. The Morgan fingerprint density at radius 2 is 2.12 bits per heavy atom. The summed E-state index contributed by atoms with van der Waals surface area (Å²) < 4.78 is 0. The normalized spacial score (nSPS) is 25.6. The molecule has 0 bridgehead atoms. The second-order valence-corrected chi connectivity index (χ2v) is 5.12. The summed E-state index contributed by atoms with van der Waals surface area (Å²) in [4.78, 5) is 4.23. The van der Waals surface area contributed by atoms with Crippen molar-refractivity contribution in [2.75, 3.05) is 0 Å². The predicted octanol–water partition coefficient (Wildman–Crippen LogP) is 3.06. The van der Waals surface area contributed by atoms with E-state index in [1.807, 2.05) is 12.4 Å². The first-order valence-corrected chi connectivity index (χ1v) is 6.39. The topological polar surface area (TPSA) is 24.9 Å². The maximum absolute atomic E-state index is 4.23. The van der Waals surface area contributed by atoms with Gasteiger partial charge in [-0.2, -0.15) is 0 Å². The van der Waals surface area contributed by atoms with E-state index in [9.17, 15) is 0 Å². The van der Waals surface area contributed by atoms with Crippen LogP contribution in [0.1, 0.15) is 43.7 Å². The van der Waals surface area contributed by atoms with Crippen molar-refractivity contribution < 1.29 is 0 Å². The lowest BCUT2D eigenvalue weighted by molar-refractivity contribution is 0.279. The second kappa shape index (κ2) is 5.44. The highest BCUT2D eigenvalue weighted by Crippen LogP contribution is 2.23. The Bertz CT molecular complexity index is 335. The van der Waals surface area contributed by atoms with Gasteiger partial charge in [-0.15, -0.1) is 0 Å². The van der Waals surface area contributed by atoms with E-state index < -0.39 is 0 Å². The number of rotatable bonds is 3. The summed E-state index contributed by atoms with van der Waals surface area (Å²) in [5.74, 6) is 0.825. The largest absolute Gasteiger partial charge is 0.310 e. The molecule has 0 radical (unpaired) electrons. The fourth-order valence-electron chi connectivity index (χ4n) is 2.58. The van der Waals surface area contributed by atoms with Gasteiger partial charge in [0.25, 0.3) is 0 Å². The average Bonchev–Trinajstić information content (AvgIpc) is 2.28. The Morgan fingerprint density at radius 3 is 2.88 bits per heavy atom. The van der Waals surface area contributed by atoms with E-state index in [1.165, 1.54) is 36.8 Å². The number of nitrogens with one attached hydrogen (secondary N) is 1. The lowest BCUT2D eigenvalue weighted by Gasteiger charge is -2.29. The summed E-state index contributed by atoms with van der Waals surface area (Å²) in [5, 5.41) is 3.67. The minimum absolute atomic E-state index is 0.703. The van der Waals surface area contributed by atoms with Gasteiger partial charge in [-0.3, -0.25) is 4.98 Å². The first kappa shape index (κ1) is 11.6. The molecule has 2 atom stereocenters. The van der Waals surface area contributed by atoms with Gasteiger partial charge in [0.1, 0.15) is 0 Å². The third-order valence-electron chi connectivity index (χ3n) is 3.61. The van der Waals surface area contributed by atoms with Crippen molar-refractivity contribution >= 4 is 0 Å². The van der Waals surface area contributed by atoms with Gasteiger partial charge in [-0.05, 0) is 36.8 Å². The van der Waals surface area contributed by atoms with Gasteiger partial charge in [0.05, 0.1) is 0 Å². The molecule has 1 N–H and O–H groups in total. The van der Waals surface area contributed by atoms with E-state index in [0.29, 0.717) is 6.04 Å². The van der Waals surface area contributed by atoms with Crippen molar-refractivity contribution in [1.82, 2.24) is 10.3 Å². The smallest absolute Gasteiger partial charge is 0.0313 e. The van der Waals surface area contributed by atoms with Crippen LogP contribution in [0, 0.1) is 12.8 Å². The highest BCUT2D eigenvalue weighted by molar-refractivity contribution is 5.16. The molecule has 0 spiro atoms. The number of hydrogen-bond donors (Lipinski definition) is 1. The van der Waals surface area contributed by atoms with Gasteiger partial charge in [-0.25, -0.2) is 0 Å². The summed E-state index contributed by atoms with van der Waals surface area (Å²) in [5.41, 5.74) is 2.55. The third kappa shape index (κ3) is 3.05. The SMILES string of the molecule is Cc1cncc(CNC2CCCCC2C)c1. The van der Waals surface area contributed by atoms with Crippen molar-refractivity contribution in [2.24, 2.45) is 5.92 Å². The minimum atomic E-state index is 0.703. The van der Waals surface area contributed by atoms with Crippen LogP contribution in [0.15, 0.2) is 18.5 Å². The highest BCUT2D eigenvalue weighted by Gasteiger charge is 2.20. The molecular weight excluding hydrogens is 196 g/mol. The summed E-state index contributed by atoms with van der Waals surface area (Å²) in [6, 6.07) is 2.92. The molecule has 1 aliphatic rings. The van der Waals surface area contributed by atoms with Crippen molar-refractivity contribution in [1.29, 1.82) is 0 Å². The zero-order chi connectivity index (χ0) is 11.4. The highest BCUT2D eigenvalue weighted by atomic mass is 14.9. The van der Waals surface area contributed by atoms with Crippen LogP contribution in [0.25, 0.3) is 0 Å². The lowest BCUT2D eigenvalue weighted by Crippen LogP contribution is -2.36. The average molecular weight is 218 g/mol. The molecule has 1 fully saturated rings. The molecule has 0 amide bonds. The van der Waals surface area contributed by atoms with Crippen LogP contribution in [-0.2, 0) is 6.54 Å². The fraction of sp³-hybridized carbons (Fsp3) is 0.643. The van der Waals surface area contributed by atoms with Gasteiger partial charge in [0.2, 0.25) is 0 Å². The monoisotopic (exact) mass is 218 g/mol. The Hall–Kier alpha value is -0.890. The van der Waals surface area contributed by atoms with Gasteiger partial charge >= 0.3 is 0 Å². The fourth-order valence-corrected chi connectivity index (χ4v) is 2.58. The quantitative estimate of drug-likeness (QED) is 0.843. The standard InChI is InChI=1S/C14H22N2/c1-11-7-13(9-15-8-11)10-16-14-6-4-3-5-12(14)2/h7-9,12,14,16H,3-6,10H2,1-2H3. The van der Waals surface area contributed by atoms with E-state index in [2.05, 4.69) is 30.2 Å². The summed E-state index contributed by atoms with van der Waals surface area (Å²) in [6.07, 6.45) is 9.38. The molecule has 0 aromatic carbocycles. The molecule has 2 heteroatoms. The first-order valence-electron chi connectivity index (χ1n) is 6.39. The molecule has 2 unspecified atom stereocenters. The van der Waals surface area contributed by atoms with E-state index in [-0.39, 0.29) is 0 Å². The molecule has 2 rings (SSSR count). The van der Waals surface area contributed by atoms with E-state index in [1.54, 1.807) is 0 Å². The van der Waals surface area contributed by atoms with E-state index in [4.69, 9.17) is 0 Å². The summed E-state index contributed by atoms with van der Waals surface area (Å²) in [6.45, 7) is 5.43. The van der Waals surface area contributed by atoms with Gasteiger partial charge in [0.15, 0.2) is 0 Å². The number of aryl methyl sites for hydroxylation is 1. The summed E-state index contributed by atoms with van der Waals surface area (Å²) >= 11 is 0. The van der Waals surface area contributed by atoms with Crippen LogP contribution < -0.4 is 5.32 Å². The van der Waals surface area contributed by atoms with Crippen molar-refractivity contribution in [3.63, 3.8) is 0 Å². The number of pyridine rings is 1. The number of aromatic nitrogens is 1. The van der Waals surface area contributed by atoms with Crippen LogP contribution in [0.5, 0.6) is 0 Å². The van der Waals surface area contributed by atoms with Crippen LogP contribution in [0.3, 0.4) is 0 Å². The van der Waals surface area contributed by atoms with Crippen molar-refractivity contribution in [2.45, 2.75) is 52.1 Å². The maximum atomic E-state index is 4.23. The van der Waals surface area contributed by atoms with Crippen LogP contribution in [0.2, 0.25) is 0 Å². The molecule has 1 aromatic heterocycles. The predicted molar refractivity (Wildman–Crippen MR) is 67.2 cm³/mol. The third-order valence-corrected chi connectivity index (χ3v) is 3.61. The van der Waals surface area contributed by atoms with Crippen LogP contribution in [0.4, 0.5) is 0 Å². The molecule has 16 heavy (non-hydrogen) atoms. The zero-order valence-corrected chi connectivity index (χ0v) is 10.4. The molecule has 0 saturated heterocycles. The maximum Gasteiger partial charge on any atom is 0.0313 e. The number of hydrogen-bond acceptors (Lipinski definition) is 2. The molecule has 88 valence electrons. The summed E-state index contributed by atoms with van der Waals surface area (Å²) in [7, 11) is 0. The molecular formula is C14H22N2. The Labute approximate surface area is 98.5 Å².